The van der Waals surface area contributed by atoms with Crippen LogP contribution in [0.3, 0.4) is 0 Å². The third-order valence-corrected chi connectivity index (χ3v) is 2.77. The van der Waals surface area contributed by atoms with E-state index < -0.39 is 0 Å². The van der Waals surface area contributed by atoms with Crippen LogP contribution in [0.5, 0.6) is 0 Å². The van der Waals surface area contributed by atoms with Crippen LogP contribution in [0.2, 0.25) is 0 Å². The zero-order valence-electron chi connectivity index (χ0n) is 10.3. The lowest BCUT2D eigenvalue weighted by molar-refractivity contribution is 0.232. The number of rotatable bonds is 7. The maximum absolute atomic E-state index is 3.58. The molecular weight excluding hydrogens is 172 g/mol. The van der Waals surface area contributed by atoms with Crippen molar-refractivity contribution < 1.29 is 0 Å². The van der Waals surface area contributed by atoms with E-state index in [0.717, 1.165) is 19.0 Å². The van der Waals surface area contributed by atoms with Crippen LogP contribution in [0.4, 0.5) is 0 Å². The molecule has 0 saturated heterocycles. The minimum absolute atomic E-state index is 0.396. The molecule has 0 spiro atoms. The van der Waals surface area contributed by atoms with Crippen LogP contribution in [-0.4, -0.2) is 38.6 Å². The molecule has 0 amide bonds. The maximum atomic E-state index is 3.58. The predicted octanol–water partition coefficient (Wildman–Crippen LogP) is 1.96. The Morgan fingerprint density at radius 1 is 1.29 bits per heavy atom. The molecule has 0 unspecified atom stereocenters. The highest BCUT2D eigenvalue weighted by Gasteiger charge is 2.21. The monoisotopic (exact) mass is 198 g/mol. The smallest absolute Gasteiger partial charge is 0.00387 e. The average Bonchev–Trinajstić information content (AvgIpc) is 2.78. The molecule has 2 nitrogen and oxygen atoms in total. The Morgan fingerprint density at radius 2 is 1.93 bits per heavy atom. The lowest BCUT2D eigenvalue weighted by atomic mass is 9.93. The molecule has 1 fully saturated rings. The fraction of sp³-hybridized carbons (Fsp3) is 1.00. The zero-order chi connectivity index (χ0) is 10.6. The van der Waals surface area contributed by atoms with Crippen molar-refractivity contribution in [1.82, 2.24) is 10.2 Å². The SMILES string of the molecule is CN(C)CC(C)(C)CNCCC1CC1. The molecule has 2 heteroatoms. The summed E-state index contributed by atoms with van der Waals surface area (Å²) in [5, 5.41) is 3.58. The minimum atomic E-state index is 0.396. The second-order valence-electron chi connectivity index (χ2n) is 5.81. The number of nitrogens with zero attached hydrogens (tertiary/aromatic N) is 1. The van der Waals surface area contributed by atoms with Crippen molar-refractivity contribution in [3.8, 4) is 0 Å². The average molecular weight is 198 g/mol. The molecule has 1 rings (SSSR count). The van der Waals surface area contributed by atoms with Gasteiger partial charge in [-0.1, -0.05) is 26.7 Å². The van der Waals surface area contributed by atoms with E-state index in [2.05, 4.69) is 38.2 Å². The van der Waals surface area contributed by atoms with Gasteiger partial charge < -0.3 is 10.2 Å². The highest BCUT2D eigenvalue weighted by molar-refractivity contribution is 4.77. The van der Waals surface area contributed by atoms with E-state index in [0.29, 0.717) is 5.41 Å². The summed E-state index contributed by atoms with van der Waals surface area (Å²) in [6.45, 7) is 8.16. The molecular formula is C12H26N2. The topological polar surface area (TPSA) is 15.3 Å². The van der Waals surface area contributed by atoms with E-state index in [9.17, 15) is 0 Å². The van der Waals surface area contributed by atoms with Crippen LogP contribution in [-0.2, 0) is 0 Å². The summed E-state index contributed by atoms with van der Waals surface area (Å²) in [6, 6.07) is 0. The van der Waals surface area contributed by atoms with E-state index >= 15 is 0 Å². The fourth-order valence-corrected chi connectivity index (χ4v) is 2.05. The van der Waals surface area contributed by atoms with Crippen molar-refractivity contribution in [3.05, 3.63) is 0 Å². The van der Waals surface area contributed by atoms with Crippen molar-refractivity contribution in [2.75, 3.05) is 33.7 Å². The Morgan fingerprint density at radius 3 is 2.43 bits per heavy atom. The van der Waals surface area contributed by atoms with E-state index in [1.807, 2.05) is 0 Å². The van der Waals surface area contributed by atoms with Gasteiger partial charge in [0, 0.05) is 13.1 Å². The molecule has 1 aliphatic carbocycles. The molecule has 0 radical (unpaired) electrons. The van der Waals surface area contributed by atoms with Crippen molar-refractivity contribution >= 4 is 0 Å². The van der Waals surface area contributed by atoms with Gasteiger partial charge in [-0.05, 0) is 38.4 Å². The van der Waals surface area contributed by atoms with Crippen LogP contribution in [0.25, 0.3) is 0 Å². The summed E-state index contributed by atoms with van der Waals surface area (Å²) in [5.41, 5.74) is 0.396. The molecule has 0 aromatic heterocycles. The molecule has 1 saturated carbocycles. The maximum Gasteiger partial charge on any atom is 0.00387 e. The van der Waals surface area contributed by atoms with Gasteiger partial charge in [-0.2, -0.15) is 0 Å². The van der Waals surface area contributed by atoms with Crippen molar-refractivity contribution in [3.63, 3.8) is 0 Å². The lowest BCUT2D eigenvalue weighted by Crippen LogP contribution is -2.38. The normalized spacial score (nSPS) is 17.8. The van der Waals surface area contributed by atoms with Crippen LogP contribution in [0, 0.1) is 11.3 Å². The van der Waals surface area contributed by atoms with Gasteiger partial charge >= 0.3 is 0 Å². The minimum Gasteiger partial charge on any atom is -0.316 e. The second-order valence-corrected chi connectivity index (χ2v) is 5.81. The Kier molecular flexibility index (Phi) is 4.39. The highest BCUT2D eigenvalue weighted by atomic mass is 15.1. The number of nitrogens with one attached hydrogen (secondary N) is 1. The van der Waals surface area contributed by atoms with E-state index in [1.54, 1.807) is 0 Å². The Bertz CT molecular complexity index is 160. The Balaban J connectivity index is 2.01. The van der Waals surface area contributed by atoms with Crippen molar-refractivity contribution in [1.29, 1.82) is 0 Å². The third kappa shape index (κ3) is 5.61. The first-order valence-corrected chi connectivity index (χ1v) is 5.85. The first-order valence-electron chi connectivity index (χ1n) is 5.85. The van der Waals surface area contributed by atoms with Crippen LogP contribution < -0.4 is 5.32 Å². The van der Waals surface area contributed by atoms with E-state index in [-0.39, 0.29) is 0 Å². The van der Waals surface area contributed by atoms with Gasteiger partial charge in [0.15, 0.2) is 0 Å². The summed E-state index contributed by atoms with van der Waals surface area (Å²) in [4.78, 5) is 2.27. The summed E-state index contributed by atoms with van der Waals surface area (Å²) in [6.07, 6.45) is 4.34. The summed E-state index contributed by atoms with van der Waals surface area (Å²) >= 11 is 0. The second kappa shape index (κ2) is 5.13. The van der Waals surface area contributed by atoms with Crippen LogP contribution >= 0.6 is 0 Å². The van der Waals surface area contributed by atoms with Gasteiger partial charge in [0.2, 0.25) is 0 Å². The molecule has 0 aliphatic heterocycles. The standard InChI is InChI=1S/C12H26N2/c1-12(2,10-14(3)4)9-13-8-7-11-5-6-11/h11,13H,5-10H2,1-4H3. The number of hydrogen-bond acceptors (Lipinski definition) is 2. The Labute approximate surface area is 89.1 Å². The lowest BCUT2D eigenvalue weighted by Gasteiger charge is -2.28. The Hall–Kier alpha value is -0.0800. The van der Waals surface area contributed by atoms with Gasteiger partial charge in [-0.3, -0.25) is 0 Å². The molecule has 1 N–H and O–H groups in total. The van der Waals surface area contributed by atoms with E-state index in [1.165, 1.54) is 25.8 Å². The number of hydrogen-bond donors (Lipinski definition) is 1. The first kappa shape index (κ1) is 12.0. The zero-order valence-corrected chi connectivity index (χ0v) is 10.3. The van der Waals surface area contributed by atoms with Crippen LogP contribution in [0.15, 0.2) is 0 Å². The van der Waals surface area contributed by atoms with E-state index in [4.69, 9.17) is 0 Å². The van der Waals surface area contributed by atoms with Crippen molar-refractivity contribution in [2.45, 2.75) is 33.1 Å². The van der Waals surface area contributed by atoms with Gasteiger partial charge in [0.05, 0.1) is 0 Å². The molecule has 0 aromatic rings. The molecule has 0 atom stereocenters. The first-order chi connectivity index (χ1) is 6.49. The molecule has 1 aliphatic rings. The highest BCUT2D eigenvalue weighted by Crippen LogP contribution is 2.31. The molecule has 14 heavy (non-hydrogen) atoms. The molecule has 84 valence electrons. The summed E-state index contributed by atoms with van der Waals surface area (Å²) in [5.74, 6) is 1.06. The molecule has 0 aromatic carbocycles. The van der Waals surface area contributed by atoms with Gasteiger partial charge in [0.1, 0.15) is 0 Å². The third-order valence-electron chi connectivity index (χ3n) is 2.77. The van der Waals surface area contributed by atoms with Gasteiger partial charge in [-0.15, -0.1) is 0 Å². The molecule has 0 bridgehead atoms. The largest absolute Gasteiger partial charge is 0.316 e. The van der Waals surface area contributed by atoms with Crippen LogP contribution in [0.1, 0.15) is 33.1 Å². The van der Waals surface area contributed by atoms with Gasteiger partial charge in [0.25, 0.3) is 0 Å². The quantitative estimate of drug-likeness (QED) is 0.629. The summed E-state index contributed by atoms with van der Waals surface area (Å²) in [7, 11) is 4.29. The fourth-order valence-electron chi connectivity index (χ4n) is 2.05. The van der Waals surface area contributed by atoms with Crippen molar-refractivity contribution in [2.24, 2.45) is 11.3 Å². The van der Waals surface area contributed by atoms with Gasteiger partial charge in [-0.25, -0.2) is 0 Å². The predicted molar refractivity (Wildman–Crippen MR) is 62.5 cm³/mol. The molecule has 0 heterocycles. The summed E-state index contributed by atoms with van der Waals surface area (Å²) < 4.78 is 0.